The summed E-state index contributed by atoms with van der Waals surface area (Å²) in [7, 11) is 1.46. The Morgan fingerprint density at radius 2 is 2.00 bits per heavy atom. The number of phenols is 1. The van der Waals surface area contributed by atoms with Crippen molar-refractivity contribution in [2.24, 2.45) is 5.10 Å². The largest absolute Gasteiger partial charge is 0.504 e. The summed E-state index contributed by atoms with van der Waals surface area (Å²) < 4.78 is 10.4. The summed E-state index contributed by atoms with van der Waals surface area (Å²) in [6.45, 7) is 2.62. The first kappa shape index (κ1) is 18.1. The molecule has 2 rings (SSSR count). The number of ether oxygens (including phenoxy) is 2. The number of nitrogens with zero attached hydrogens (tertiary/aromatic N) is 1. The zero-order chi connectivity index (χ0) is 18.1. The first-order valence-corrected chi connectivity index (χ1v) is 7.78. The zero-order valence-corrected chi connectivity index (χ0v) is 14.2. The summed E-state index contributed by atoms with van der Waals surface area (Å²) >= 11 is 0. The number of rotatable bonds is 8. The van der Waals surface area contributed by atoms with Crippen molar-refractivity contribution in [3.63, 3.8) is 0 Å². The zero-order valence-electron chi connectivity index (χ0n) is 14.2. The minimum Gasteiger partial charge on any atom is -0.504 e. The summed E-state index contributed by atoms with van der Waals surface area (Å²) in [5, 5.41) is 16.4. The van der Waals surface area contributed by atoms with E-state index in [0.717, 1.165) is 11.4 Å². The van der Waals surface area contributed by atoms with E-state index in [2.05, 4.69) is 15.8 Å². The van der Waals surface area contributed by atoms with Crippen LogP contribution in [0.25, 0.3) is 0 Å². The molecule has 7 nitrogen and oxygen atoms in total. The third-order valence-electron chi connectivity index (χ3n) is 3.23. The average molecular weight is 343 g/mol. The minimum atomic E-state index is -0.282. The Morgan fingerprint density at radius 1 is 1.24 bits per heavy atom. The predicted octanol–water partition coefficient (Wildman–Crippen LogP) is 2.36. The first-order valence-electron chi connectivity index (χ1n) is 7.78. The lowest BCUT2D eigenvalue weighted by Crippen LogP contribution is -2.25. The number of amides is 1. The minimum absolute atomic E-state index is 0.0447. The van der Waals surface area contributed by atoms with Crippen LogP contribution in [0.1, 0.15) is 12.5 Å². The first-order chi connectivity index (χ1) is 12.1. The molecule has 0 bridgehead atoms. The summed E-state index contributed by atoms with van der Waals surface area (Å²) in [5.74, 6) is 0.887. The number of aromatic hydroxyl groups is 1. The van der Waals surface area contributed by atoms with Crippen LogP contribution in [0.5, 0.6) is 17.2 Å². The summed E-state index contributed by atoms with van der Waals surface area (Å²) in [6, 6.07) is 12.1. The number of benzene rings is 2. The van der Waals surface area contributed by atoms with Crippen LogP contribution in [-0.4, -0.2) is 37.5 Å². The molecule has 0 aromatic heterocycles. The highest BCUT2D eigenvalue weighted by atomic mass is 16.5. The number of methoxy groups -OCH3 is 1. The Hall–Kier alpha value is -3.22. The van der Waals surface area contributed by atoms with E-state index in [0.29, 0.717) is 17.9 Å². The van der Waals surface area contributed by atoms with E-state index in [1.54, 1.807) is 12.1 Å². The molecule has 0 aliphatic carbocycles. The number of hydrazone groups is 1. The topological polar surface area (TPSA) is 92.2 Å². The van der Waals surface area contributed by atoms with Crippen LogP contribution >= 0.6 is 0 Å². The van der Waals surface area contributed by atoms with Crippen molar-refractivity contribution in [2.75, 3.05) is 25.6 Å². The predicted molar refractivity (Wildman–Crippen MR) is 96.5 cm³/mol. The van der Waals surface area contributed by atoms with Gasteiger partial charge in [-0.05, 0) is 55.0 Å². The molecule has 25 heavy (non-hydrogen) atoms. The maximum Gasteiger partial charge on any atom is 0.259 e. The molecule has 0 saturated heterocycles. The number of anilines is 1. The smallest absolute Gasteiger partial charge is 0.259 e. The summed E-state index contributed by atoms with van der Waals surface area (Å²) in [5.41, 5.74) is 3.93. The number of carbonyl (C=O) groups is 1. The summed E-state index contributed by atoms with van der Waals surface area (Å²) in [6.07, 6.45) is 1.47. The van der Waals surface area contributed by atoms with Gasteiger partial charge in [0, 0.05) is 5.69 Å². The second-order valence-corrected chi connectivity index (χ2v) is 5.04. The van der Waals surface area contributed by atoms with Crippen molar-refractivity contribution in [1.82, 2.24) is 5.43 Å². The van der Waals surface area contributed by atoms with Gasteiger partial charge in [0.25, 0.3) is 5.91 Å². The lowest BCUT2D eigenvalue weighted by molar-refractivity contribution is -0.119. The third kappa shape index (κ3) is 5.72. The second kappa shape index (κ2) is 9.17. The standard InChI is InChI=1S/C18H21N3O4/c1-3-25-15-7-5-14(6-8-15)19-12-18(23)21-20-11-13-4-9-16(22)17(10-13)24-2/h4-11,19,22H,3,12H2,1-2H3,(H,21,23). The fourth-order valence-electron chi connectivity index (χ4n) is 2.01. The van der Waals surface area contributed by atoms with Gasteiger partial charge in [-0.25, -0.2) is 5.43 Å². The van der Waals surface area contributed by atoms with E-state index in [1.165, 1.54) is 19.4 Å². The van der Waals surface area contributed by atoms with E-state index in [1.807, 2.05) is 31.2 Å². The highest BCUT2D eigenvalue weighted by molar-refractivity contribution is 5.84. The maximum absolute atomic E-state index is 11.8. The highest BCUT2D eigenvalue weighted by Gasteiger charge is 2.02. The van der Waals surface area contributed by atoms with Crippen molar-refractivity contribution in [2.45, 2.75) is 6.92 Å². The van der Waals surface area contributed by atoms with Gasteiger partial charge in [0.2, 0.25) is 0 Å². The van der Waals surface area contributed by atoms with E-state index in [-0.39, 0.29) is 18.2 Å². The van der Waals surface area contributed by atoms with Crippen LogP contribution in [0, 0.1) is 0 Å². The van der Waals surface area contributed by atoms with Gasteiger partial charge in [-0.3, -0.25) is 4.79 Å². The second-order valence-electron chi connectivity index (χ2n) is 5.04. The molecule has 0 spiro atoms. The van der Waals surface area contributed by atoms with Gasteiger partial charge in [-0.15, -0.1) is 0 Å². The number of nitrogens with one attached hydrogen (secondary N) is 2. The molecule has 0 saturated carbocycles. The highest BCUT2D eigenvalue weighted by Crippen LogP contribution is 2.25. The lowest BCUT2D eigenvalue weighted by atomic mass is 10.2. The van der Waals surface area contributed by atoms with Crippen molar-refractivity contribution in [1.29, 1.82) is 0 Å². The van der Waals surface area contributed by atoms with Crippen molar-refractivity contribution in [3.05, 3.63) is 48.0 Å². The van der Waals surface area contributed by atoms with E-state index >= 15 is 0 Å². The SMILES string of the molecule is CCOc1ccc(NCC(=O)NN=Cc2ccc(O)c(OC)c2)cc1. The van der Waals surface area contributed by atoms with Gasteiger partial charge < -0.3 is 19.9 Å². The van der Waals surface area contributed by atoms with Crippen LogP contribution in [-0.2, 0) is 4.79 Å². The Balaban J connectivity index is 1.80. The third-order valence-corrected chi connectivity index (χ3v) is 3.23. The lowest BCUT2D eigenvalue weighted by Gasteiger charge is -2.07. The molecule has 1 amide bonds. The quantitative estimate of drug-likeness (QED) is 0.505. The molecular weight excluding hydrogens is 322 g/mol. The monoisotopic (exact) mass is 343 g/mol. The average Bonchev–Trinajstić information content (AvgIpc) is 2.63. The molecule has 0 aliphatic rings. The molecule has 132 valence electrons. The Labute approximate surface area is 146 Å². The van der Waals surface area contributed by atoms with Crippen molar-refractivity contribution < 1.29 is 19.4 Å². The molecule has 0 aliphatic heterocycles. The molecule has 0 fully saturated rings. The van der Waals surface area contributed by atoms with Gasteiger partial charge in [-0.1, -0.05) is 0 Å². The van der Waals surface area contributed by atoms with Gasteiger partial charge in [0.05, 0.1) is 26.5 Å². The fraction of sp³-hybridized carbons (Fsp3) is 0.222. The molecule has 0 unspecified atom stereocenters. The molecule has 0 atom stereocenters. The van der Waals surface area contributed by atoms with Crippen LogP contribution in [0.15, 0.2) is 47.6 Å². The van der Waals surface area contributed by atoms with Crippen LogP contribution < -0.4 is 20.2 Å². The van der Waals surface area contributed by atoms with Gasteiger partial charge in [0.1, 0.15) is 5.75 Å². The molecular formula is C18H21N3O4. The fourth-order valence-corrected chi connectivity index (χ4v) is 2.01. The number of phenolic OH excluding ortho intramolecular Hbond substituents is 1. The Kier molecular flexibility index (Phi) is 6.65. The molecule has 0 heterocycles. The number of carbonyl (C=O) groups excluding carboxylic acids is 1. The normalized spacial score (nSPS) is 10.5. The Morgan fingerprint density at radius 3 is 2.68 bits per heavy atom. The maximum atomic E-state index is 11.8. The molecule has 7 heteroatoms. The molecule has 2 aromatic carbocycles. The van der Waals surface area contributed by atoms with Crippen LogP contribution in [0.4, 0.5) is 5.69 Å². The van der Waals surface area contributed by atoms with Crippen molar-refractivity contribution in [3.8, 4) is 17.2 Å². The molecule has 2 aromatic rings. The van der Waals surface area contributed by atoms with Crippen LogP contribution in [0.3, 0.4) is 0 Å². The van der Waals surface area contributed by atoms with Gasteiger partial charge >= 0.3 is 0 Å². The van der Waals surface area contributed by atoms with Crippen LogP contribution in [0.2, 0.25) is 0 Å². The molecule has 3 N–H and O–H groups in total. The number of hydrogen-bond donors (Lipinski definition) is 3. The molecule has 0 radical (unpaired) electrons. The Bertz CT molecular complexity index is 730. The van der Waals surface area contributed by atoms with Gasteiger partial charge in [0.15, 0.2) is 11.5 Å². The van der Waals surface area contributed by atoms with Crippen molar-refractivity contribution >= 4 is 17.8 Å². The summed E-state index contributed by atoms with van der Waals surface area (Å²) in [4.78, 5) is 11.8. The van der Waals surface area contributed by atoms with E-state index in [9.17, 15) is 9.90 Å². The van der Waals surface area contributed by atoms with E-state index < -0.39 is 0 Å². The van der Waals surface area contributed by atoms with Gasteiger partial charge in [-0.2, -0.15) is 5.10 Å². The number of hydrogen-bond acceptors (Lipinski definition) is 6. The van der Waals surface area contributed by atoms with E-state index in [4.69, 9.17) is 9.47 Å².